The topological polar surface area (TPSA) is 110 Å². The average molecular weight is 436 g/mol. The van der Waals surface area contributed by atoms with Gasteiger partial charge in [0.15, 0.2) is 0 Å². The number of benzene rings is 2. The Bertz CT molecular complexity index is 1030. The second-order valence-corrected chi connectivity index (χ2v) is 9.20. The fourth-order valence-corrected chi connectivity index (χ4v) is 5.06. The van der Waals surface area contributed by atoms with E-state index in [2.05, 4.69) is 5.32 Å². The molecule has 1 aliphatic heterocycles. The zero-order chi connectivity index (χ0) is 21.0. The van der Waals surface area contributed by atoms with Gasteiger partial charge in [0, 0.05) is 24.3 Å². The van der Waals surface area contributed by atoms with Crippen LogP contribution in [0.4, 0.5) is 5.69 Å². The number of nitrogens with two attached hydrogens (primary N) is 1. The maximum Gasteiger partial charge on any atom is 0.255 e. The number of rotatable bonds is 5. The summed E-state index contributed by atoms with van der Waals surface area (Å²) in [5.41, 5.74) is 5.93. The van der Waals surface area contributed by atoms with Crippen molar-refractivity contribution in [2.24, 2.45) is 5.73 Å². The molecule has 0 aliphatic carbocycles. The Balaban J connectivity index is 1.80. The van der Waals surface area contributed by atoms with E-state index in [9.17, 15) is 18.0 Å². The normalized spacial score (nSPS) is 15.5. The molecule has 0 unspecified atom stereocenters. The first-order valence-corrected chi connectivity index (χ1v) is 11.1. The second-order valence-electron chi connectivity index (χ2n) is 6.86. The summed E-state index contributed by atoms with van der Waals surface area (Å²) in [4.78, 5) is 23.9. The molecular formula is C20H22ClN3O4S. The Morgan fingerprint density at radius 1 is 1.00 bits per heavy atom. The largest absolute Gasteiger partial charge is 0.366 e. The zero-order valence-corrected chi connectivity index (χ0v) is 17.3. The first-order valence-electron chi connectivity index (χ1n) is 9.30. The van der Waals surface area contributed by atoms with Crippen molar-refractivity contribution in [3.8, 4) is 0 Å². The first-order chi connectivity index (χ1) is 13.8. The maximum absolute atomic E-state index is 13.0. The van der Waals surface area contributed by atoms with Crippen LogP contribution in [0.1, 0.15) is 46.4 Å². The van der Waals surface area contributed by atoms with Crippen LogP contribution in [-0.4, -0.2) is 37.6 Å². The molecule has 2 aromatic carbocycles. The molecule has 0 bridgehead atoms. The lowest BCUT2D eigenvalue weighted by molar-refractivity contribution is 0.0998. The lowest BCUT2D eigenvalue weighted by Crippen LogP contribution is -2.32. The SMILES string of the molecule is NC(=O)c1ccc(NC(=O)c2cccc(S(=O)(=O)N3CCCCCC3)c2)cc1Cl. The van der Waals surface area contributed by atoms with E-state index in [1.54, 1.807) is 6.07 Å². The fourth-order valence-electron chi connectivity index (χ4n) is 3.22. The number of halogens is 1. The molecule has 1 heterocycles. The van der Waals surface area contributed by atoms with Crippen molar-refractivity contribution in [2.45, 2.75) is 30.6 Å². The van der Waals surface area contributed by atoms with Crippen LogP contribution in [0.15, 0.2) is 47.4 Å². The molecule has 9 heteroatoms. The van der Waals surface area contributed by atoms with Gasteiger partial charge in [-0.25, -0.2) is 8.42 Å². The van der Waals surface area contributed by atoms with Crippen LogP contribution in [0.25, 0.3) is 0 Å². The predicted octanol–water partition coefficient (Wildman–Crippen LogP) is 3.26. The van der Waals surface area contributed by atoms with Crippen LogP contribution in [0.5, 0.6) is 0 Å². The van der Waals surface area contributed by atoms with Crippen molar-refractivity contribution in [3.63, 3.8) is 0 Å². The van der Waals surface area contributed by atoms with Crippen LogP contribution in [0.3, 0.4) is 0 Å². The van der Waals surface area contributed by atoms with Gasteiger partial charge in [0.2, 0.25) is 15.9 Å². The standard InChI is InChI=1S/C20H22ClN3O4S/c21-18-13-15(8-9-17(18)19(22)25)23-20(26)14-6-5-7-16(12-14)29(27,28)24-10-3-1-2-4-11-24/h5-9,12-13H,1-4,10-11H2,(H2,22,25)(H,23,26). The number of nitrogens with one attached hydrogen (secondary N) is 1. The Kier molecular flexibility index (Phi) is 6.56. The molecule has 2 aromatic rings. The lowest BCUT2D eigenvalue weighted by atomic mass is 10.1. The molecule has 0 spiro atoms. The minimum Gasteiger partial charge on any atom is -0.366 e. The summed E-state index contributed by atoms with van der Waals surface area (Å²) < 4.78 is 27.4. The van der Waals surface area contributed by atoms with Crippen LogP contribution in [0.2, 0.25) is 5.02 Å². The van der Waals surface area contributed by atoms with E-state index in [1.807, 2.05) is 0 Å². The van der Waals surface area contributed by atoms with Crippen molar-refractivity contribution in [2.75, 3.05) is 18.4 Å². The molecule has 3 rings (SSSR count). The Hall–Kier alpha value is -2.42. The van der Waals surface area contributed by atoms with E-state index in [4.69, 9.17) is 17.3 Å². The van der Waals surface area contributed by atoms with Gasteiger partial charge in [-0.15, -0.1) is 0 Å². The molecule has 3 N–H and O–H groups in total. The van der Waals surface area contributed by atoms with Crippen molar-refractivity contribution in [1.82, 2.24) is 4.31 Å². The van der Waals surface area contributed by atoms with Crippen LogP contribution in [-0.2, 0) is 10.0 Å². The highest BCUT2D eigenvalue weighted by Gasteiger charge is 2.25. The maximum atomic E-state index is 13.0. The summed E-state index contributed by atoms with van der Waals surface area (Å²) in [6, 6.07) is 10.3. The number of hydrogen-bond donors (Lipinski definition) is 2. The summed E-state index contributed by atoms with van der Waals surface area (Å²) in [5.74, 6) is -1.15. The molecule has 1 saturated heterocycles. The van der Waals surface area contributed by atoms with Gasteiger partial charge in [-0.2, -0.15) is 4.31 Å². The van der Waals surface area contributed by atoms with E-state index >= 15 is 0 Å². The summed E-state index contributed by atoms with van der Waals surface area (Å²) in [7, 11) is -3.66. The number of carbonyl (C=O) groups excluding carboxylic acids is 2. The van der Waals surface area contributed by atoms with Gasteiger partial charge < -0.3 is 11.1 Å². The Morgan fingerprint density at radius 2 is 1.69 bits per heavy atom. The van der Waals surface area contributed by atoms with Crippen molar-refractivity contribution < 1.29 is 18.0 Å². The Morgan fingerprint density at radius 3 is 2.31 bits per heavy atom. The van der Waals surface area contributed by atoms with E-state index in [1.165, 1.54) is 40.7 Å². The fraction of sp³-hybridized carbons (Fsp3) is 0.300. The third kappa shape index (κ3) is 4.95. The van der Waals surface area contributed by atoms with Crippen molar-refractivity contribution in [3.05, 3.63) is 58.6 Å². The number of sulfonamides is 1. The number of primary amides is 1. The lowest BCUT2D eigenvalue weighted by Gasteiger charge is -2.20. The minimum atomic E-state index is -3.66. The minimum absolute atomic E-state index is 0.0918. The summed E-state index contributed by atoms with van der Waals surface area (Å²) in [6.07, 6.45) is 3.71. The summed E-state index contributed by atoms with van der Waals surface area (Å²) in [6.45, 7) is 0.979. The average Bonchev–Trinajstić information content (AvgIpc) is 2.98. The van der Waals surface area contributed by atoms with E-state index < -0.39 is 21.8 Å². The number of nitrogens with zero attached hydrogens (tertiary/aromatic N) is 1. The zero-order valence-electron chi connectivity index (χ0n) is 15.7. The molecule has 29 heavy (non-hydrogen) atoms. The number of amides is 2. The molecule has 1 aliphatic rings. The monoisotopic (exact) mass is 435 g/mol. The third-order valence-electron chi connectivity index (χ3n) is 4.79. The number of hydrogen-bond acceptors (Lipinski definition) is 4. The van der Waals surface area contributed by atoms with Gasteiger partial charge >= 0.3 is 0 Å². The smallest absolute Gasteiger partial charge is 0.255 e. The van der Waals surface area contributed by atoms with Crippen LogP contribution < -0.4 is 11.1 Å². The molecular weight excluding hydrogens is 414 g/mol. The Labute approximate surface area is 174 Å². The summed E-state index contributed by atoms with van der Waals surface area (Å²) >= 11 is 6.00. The van der Waals surface area contributed by atoms with Crippen molar-refractivity contribution in [1.29, 1.82) is 0 Å². The van der Waals surface area contributed by atoms with E-state index in [0.717, 1.165) is 25.7 Å². The van der Waals surface area contributed by atoms with Gasteiger partial charge in [-0.1, -0.05) is 30.5 Å². The third-order valence-corrected chi connectivity index (χ3v) is 7.00. The molecule has 2 amide bonds. The molecule has 0 radical (unpaired) electrons. The molecule has 7 nitrogen and oxygen atoms in total. The predicted molar refractivity (Wildman–Crippen MR) is 112 cm³/mol. The molecule has 0 saturated carbocycles. The first kappa shape index (κ1) is 21.3. The van der Waals surface area contributed by atoms with Gasteiger partial charge in [-0.3, -0.25) is 9.59 Å². The van der Waals surface area contributed by atoms with Crippen molar-refractivity contribution >= 4 is 39.1 Å². The van der Waals surface area contributed by atoms with Crippen LogP contribution in [0, 0.1) is 0 Å². The van der Waals surface area contributed by atoms with Gasteiger partial charge in [0.05, 0.1) is 15.5 Å². The number of anilines is 1. The summed E-state index contributed by atoms with van der Waals surface area (Å²) in [5, 5.41) is 2.77. The quantitative estimate of drug-likeness (QED) is 0.750. The highest BCUT2D eigenvalue weighted by atomic mass is 35.5. The highest BCUT2D eigenvalue weighted by Crippen LogP contribution is 2.23. The van der Waals surface area contributed by atoms with Gasteiger partial charge in [0.25, 0.3) is 5.91 Å². The van der Waals surface area contributed by atoms with E-state index in [-0.39, 0.29) is 21.0 Å². The van der Waals surface area contributed by atoms with Gasteiger partial charge in [-0.05, 0) is 49.2 Å². The van der Waals surface area contributed by atoms with E-state index in [0.29, 0.717) is 18.8 Å². The molecule has 0 atom stereocenters. The molecule has 1 fully saturated rings. The van der Waals surface area contributed by atoms with Gasteiger partial charge in [0.1, 0.15) is 0 Å². The molecule has 154 valence electrons. The number of carbonyl (C=O) groups is 2. The van der Waals surface area contributed by atoms with Crippen LogP contribution >= 0.6 is 11.6 Å². The molecule has 0 aromatic heterocycles. The second kappa shape index (κ2) is 8.94. The highest BCUT2D eigenvalue weighted by molar-refractivity contribution is 7.89.